The van der Waals surface area contributed by atoms with Gasteiger partial charge in [0.1, 0.15) is 0 Å². The van der Waals surface area contributed by atoms with Crippen LogP contribution >= 0.6 is 0 Å². The highest BCUT2D eigenvalue weighted by Gasteiger charge is 2.03. The lowest BCUT2D eigenvalue weighted by Crippen LogP contribution is -2.98. The van der Waals surface area contributed by atoms with Crippen molar-refractivity contribution < 1.29 is 9.98 Å². The molecule has 6 heteroatoms. The standard InChI is InChI=1S/C11H26N6/c1-5-12-10(13-6-2)16-9-17-11(14-7-3)15-8-4/h5-9H2,1-4H3,(H2,12,13,16)(H2,14,15,17)/p+2. The lowest BCUT2D eigenvalue weighted by Gasteiger charge is -2.02. The molecule has 100 valence electrons. The van der Waals surface area contributed by atoms with Crippen molar-refractivity contribution in [1.29, 1.82) is 0 Å². The third-order valence-corrected chi connectivity index (χ3v) is 1.94. The van der Waals surface area contributed by atoms with E-state index in [0.717, 1.165) is 38.1 Å². The molecule has 0 heterocycles. The third kappa shape index (κ3) is 8.36. The van der Waals surface area contributed by atoms with Gasteiger partial charge in [-0.2, -0.15) is 0 Å². The Hall–Kier alpha value is -1.46. The Kier molecular flexibility index (Phi) is 10.1. The smallest absolute Gasteiger partial charge is 0.278 e. The Labute approximate surface area is 104 Å². The van der Waals surface area contributed by atoms with Crippen LogP contribution in [0, 0.1) is 0 Å². The molecule has 17 heavy (non-hydrogen) atoms. The van der Waals surface area contributed by atoms with Crippen molar-refractivity contribution in [3.05, 3.63) is 0 Å². The van der Waals surface area contributed by atoms with Crippen LogP contribution in [0.5, 0.6) is 0 Å². The van der Waals surface area contributed by atoms with Crippen LogP contribution in [-0.4, -0.2) is 44.8 Å². The quantitative estimate of drug-likeness (QED) is 0.165. The highest BCUT2D eigenvalue weighted by Crippen LogP contribution is 1.54. The van der Waals surface area contributed by atoms with E-state index in [-0.39, 0.29) is 0 Å². The van der Waals surface area contributed by atoms with E-state index in [1.54, 1.807) is 0 Å². The van der Waals surface area contributed by atoms with Crippen molar-refractivity contribution in [2.45, 2.75) is 27.7 Å². The lowest BCUT2D eigenvalue weighted by molar-refractivity contribution is -0.683. The molecule has 0 radical (unpaired) electrons. The summed E-state index contributed by atoms with van der Waals surface area (Å²) < 4.78 is 0. The van der Waals surface area contributed by atoms with Crippen LogP contribution in [-0.2, 0) is 0 Å². The summed E-state index contributed by atoms with van der Waals surface area (Å²) in [4.78, 5) is 6.50. The average Bonchev–Trinajstić information content (AvgIpc) is 2.30. The summed E-state index contributed by atoms with van der Waals surface area (Å²) in [5.41, 5.74) is 0. The molecule has 0 aliphatic carbocycles. The van der Waals surface area contributed by atoms with Crippen molar-refractivity contribution in [3.63, 3.8) is 0 Å². The van der Waals surface area contributed by atoms with Gasteiger partial charge in [-0.05, 0) is 27.7 Å². The second-order valence-electron chi connectivity index (χ2n) is 3.40. The van der Waals surface area contributed by atoms with Crippen LogP contribution in [0.15, 0.2) is 0 Å². The van der Waals surface area contributed by atoms with Crippen LogP contribution in [0.2, 0.25) is 0 Å². The van der Waals surface area contributed by atoms with E-state index >= 15 is 0 Å². The van der Waals surface area contributed by atoms with Gasteiger partial charge in [-0.3, -0.25) is 21.3 Å². The van der Waals surface area contributed by atoms with Crippen molar-refractivity contribution in [2.75, 3.05) is 32.8 Å². The third-order valence-electron chi connectivity index (χ3n) is 1.94. The predicted molar refractivity (Wildman–Crippen MR) is 71.5 cm³/mol. The molecule has 0 aromatic heterocycles. The minimum absolute atomic E-state index is 0.657. The predicted octanol–water partition coefficient (Wildman–Crippen LogP) is -3.74. The Balaban J connectivity index is 4.25. The Morgan fingerprint density at radius 3 is 1.18 bits per heavy atom. The fraction of sp³-hybridized carbons (Fsp3) is 0.818. The van der Waals surface area contributed by atoms with E-state index in [4.69, 9.17) is 0 Å². The maximum atomic E-state index is 3.25. The molecule has 0 saturated heterocycles. The van der Waals surface area contributed by atoms with Gasteiger partial charge in [0, 0.05) is 0 Å². The molecule has 6 N–H and O–H groups in total. The maximum Gasteiger partial charge on any atom is 0.345 e. The van der Waals surface area contributed by atoms with Gasteiger partial charge in [0.25, 0.3) is 0 Å². The lowest BCUT2D eigenvalue weighted by atomic mass is 10.6. The monoisotopic (exact) mass is 244 g/mol. The van der Waals surface area contributed by atoms with Crippen LogP contribution in [0.25, 0.3) is 0 Å². The van der Waals surface area contributed by atoms with Crippen molar-refractivity contribution in [1.82, 2.24) is 21.3 Å². The molecule has 0 saturated carbocycles. The fourth-order valence-electron chi connectivity index (χ4n) is 1.30. The van der Waals surface area contributed by atoms with Gasteiger partial charge in [-0.25, -0.2) is 9.98 Å². The molecule has 0 amide bonds. The molecule has 0 fully saturated rings. The Morgan fingerprint density at radius 1 is 0.647 bits per heavy atom. The molecule has 0 spiro atoms. The van der Waals surface area contributed by atoms with E-state index in [0.29, 0.717) is 6.67 Å². The second-order valence-corrected chi connectivity index (χ2v) is 3.40. The number of nitrogens with one attached hydrogen (secondary N) is 6. The Bertz CT molecular complexity index is 196. The zero-order valence-electron chi connectivity index (χ0n) is 11.5. The maximum absolute atomic E-state index is 3.25. The molecule has 0 bridgehead atoms. The first kappa shape index (κ1) is 15.5. The SMILES string of the molecule is CCNC(NCC)=[NH+]C[NH+]=C(NCC)NCC. The van der Waals surface area contributed by atoms with Gasteiger partial charge < -0.3 is 0 Å². The first-order valence-corrected chi connectivity index (χ1v) is 6.45. The van der Waals surface area contributed by atoms with Gasteiger partial charge in [0.2, 0.25) is 0 Å². The topological polar surface area (TPSA) is 76.1 Å². The van der Waals surface area contributed by atoms with Crippen LogP contribution in [0.4, 0.5) is 0 Å². The summed E-state index contributed by atoms with van der Waals surface area (Å²) in [6.07, 6.45) is 0. The summed E-state index contributed by atoms with van der Waals surface area (Å²) in [6, 6.07) is 0. The molecule has 0 aromatic carbocycles. The summed E-state index contributed by atoms with van der Waals surface area (Å²) in [6.45, 7) is 12.5. The number of rotatable bonds is 6. The van der Waals surface area contributed by atoms with E-state index in [2.05, 4.69) is 58.9 Å². The summed E-state index contributed by atoms with van der Waals surface area (Å²) >= 11 is 0. The van der Waals surface area contributed by atoms with E-state index in [1.165, 1.54) is 0 Å². The molecule has 0 aliphatic heterocycles. The first-order chi connectivity index (χ1) is 8.28. The van der Waals surface area contributed by atoms with E-state index < -0.39 is 0 Å². The largest absolute Gasteiger partial charge is 0.345 e. The molecular formula is C11H28N6+2. The minimum Gasteiger partial charge on any atom is -0.278 e. The van der Waals surface area contributed by atoms with E-state index in [1.807, 2.05) is 0 Å². The minimum atomic E-state index is 0.657. The molecule has 0 atom stereocenters. The van der Waals surface area contributed by atoms with Crippen molar-refractivity contribution in [3.8, 4) is 0 Å². The fourth-order valence-corrected chi connectivity index (χ4v) is 1.30. The normalized spacial score (nSPS) is 9.18. The average molecular weight is 244 g/mol. The van der Waals surface area contributed by atoms with Crippen molar-refractivity contribution >= 4 is 11.9 Å². The number of guanidine groups is 2. The molecule has 0 rings (SSSR count). The number of hydrogen-bond donors (Lipinski definition) is 6. The second kappa shape index (κ2) is 11.0. The van der Waals surface area contributed by atoms with Crippen molar-refractivity contribution in [2.24, 2.45) is 0 Å². The van der Waals surface area contributed by atoms with E-state index in [9.17, 15) is 0 Å². The highest BCUT2D eigenvalue weighted by molar-refractivity contribution is 5.74. The van der Waals surface area contributed by atoms with Crippen LogP contribution < -0.4 is 31.3 Å². The van der Waals surface area contributed by atoms with Gasteiger partial charge in [-0.1, -0.05) is 0 Å². The molecular weight excluding hydrogens is 216 g/mol. The molecule has 0 aromatic rings. The number of hydrogen-bond acceptors (Lipinski definition) is 0. The summed E-state index contributed by atoms with van der Waals surface area (Å²) in [5.74, 6) is 1.91. The van der Waals surface area contributed by atoms with Crippen LogP contribution in [0.3, 0.4) is 0 Å². The first-order valence-electron chi connectivity index (χ1n) is 6.45. The van der Waals surface area contributed by atoms with Gasteiger partial charge in [0.05, 0.1) is 26.2 Å². The van der Waals surface area contributed by atoms with Gasteiger partial charge in [0.15, 0.2) is 6.67 Å². The molecule has 6 nitrogen and oxygen atoms in total. The van der Waals surface area contributed by atoms with Gasteiger partial charge >= 0.3 is 11.9 Å². The van der Waals surface area contributed by atoms with Crippen LogP contribution in [0.1, 0.15) is 27.7 Å². The molecule has 0 unspecified atom stereocenters. The summed E-state index contributed by atoms with van der Waals surface area (Å²) in [5, 5.41) is 12.9. The molecule has 0 aliphatic rings. The zero-order chi connectivity index (χ0) is 12.9. The van der Waals surface area contributed by atoms with Gasteiger partial charge in [-0.15, -0.1) is 0 Å². The Morgan fingerprint density at radius 2 is 0.941 bits per heavy atom. The highest BCUT2D eigenvalue weighted by atomic mass is 15.2. The zero-order valence-corrected chi connectivity index (χ0v) is 11.5. The summed E-state index contributed by atoms with van der Waals surface area (Å²) in [7, 11) is 0.